The van der Waals surface area contributed by atoms with E-state index in [1.807, 2.05) is 24.6 Å². The summed E-state index contributed by atoms with van der Waals surface area (Å²) in [6, 6.07) is 4.72. The molecule has 6 heteroatoms. The lowest BCUT2D eigenvalue weighted by Crippen LogP contribution is -2.47. The van der Waals surface area contributed by atoms with Crippen molar-refractivity contribution in [2.24, 2.45) is 5.73 Å². The number of nitrogens with two attached hydrogens (primary N) is 1. The summed E-state index contributed by atoms with van der Waals surface area (Å²) in [5.41, 5.74) is 7.90. The molecule has 1 aliphatic rings. The number of halogens is 1. The topological polar surface area (TPSA) is 45.4 Å². The van der Waals surface area contributed by atoms with Crippen LogP contribution in [-0.4, -0.2) is 31.2 Å². The monoisotopic (exact) mass is 306 g/mol. The molecule has 1 aliphatic heterocycles. The molecule has 2 N–H and O–H groups in total. The van der Waals surface area contributed by atoms with E-state index < -0.39 is 0 Å². The summed E-state index contributed by atoms with van der Waals surface area (Å²) in [6.07, 6.45) is 1.83. The highest BCUT2D eigenvalue weighted by Crippen LogP contribution is 2.28. The van der Waals surface area contributed by atoms with Gasteiger partial charge in [0, 0.05) is 49.5 Å². The minimum atomic E-state index is -0.229. The van der Waals surface area contributed by atoms with Crippen LogP contribution < -0.4 is 15.5 Å². The first-order chi connectivity index (χ1) is 10.1. The van der Waals surface area contributed by atoms with E-state index in [1.54, 1.807) is 17.4 Å². The summed E-state index contributed by atoms with van der Waals surface area (Å²) in [7, 11) is 0. The average Bonchev–Trinajstić information content (AvgIpc) is 3.01. The van der Waals surface area contributed by atoms with Crippen molar-refractivity contribution in [1.82, 2.24) is 4.98 Å². The highest BCUT2D eigenvalue weighted by molar-refractivity contribution is 7.13. The third kappa shape index (κ3) is 3.01. The van der Waals surface area contributed by atoms with E-state index in [1.165, 1.54) is 6.07 Å². The summed E-state index contributed by atoms with van der Waals surface area (Å²) in [6.45, 7) is 5.52. The molecule has 0 spiro atoms. The first-order valence-electron chi connectivity index (χ1n) is 7.09. The number of rotatable bonds is 3. The average molecular weight is 306 g/mol. The van der Waals surface area contributed by atoms with Crippen molar-refractivity contribution in [3.05, 3.63) is 41.2 Å². The molecule has 3 rings (SSSR count). The van der Waals surface area contributed by atoms with Gasteiger partial charge in [-0.3, -0.25) is 0 Å². The van der Waals surface area contributed by atoms with Crippen molar-refractivity contribution in [3.8, 4) is 0 Å². The lowest BCUT2D eigenvalue weighted by Gasteiger charge is -2.37. The van der Waals surface area contributed by atoms with E-state index in [0.717, 1.165) is 42.6 Å². The van der Waals surface area contributed by atoms with Gasteiger partial charge in [-0.05, 0) is 30.7 Å². The second kappa shape index (κ2) is 5.99. The van der Waals surface area contributed by atoms with Crippen molar-refractivity contribution >= 4 is 22.2 Å². The Morgan fingerprint density at radius 2 is 1.95 bits per heavy atom. The second-order valence-electron chi connectivity index (χ2n) is 5.28. The van der Waals surface area contributed by atoms with Crippen LogP contribution in [0.4, 0.5) is 15.2 Å². The van der Waals surface area contributed by atoms with Crippen molar-refractivity contribution in [2.45, 2.75) is 13.0 Å². The Kier molecular flexibility index (Phi) is 4.07. The summed E-state index contributed by atoms with van der Waals surface area (Å²) >= 11 is 1.66. The summed E-state index contributed by atoms with van der Waals surface area (Å²) < 4.78 is 13.4. The largest absolute Gasteiger partial charge is 0.368 e. The lowest BCUT2D eigenvalue weighted by atomic mass is 10.0. The van der Waals surface area contributed by atoms with Crippen LogP contribution in [0.5, 0.6) is 0 Å². The number of thiazole rings is 1. The molecule has 1 saturated heterocycles. The van der Waals surface area contributed by atoms with Crippen molar-refractivity contribution in [2.75, 3.05) is 36.0 Å². The fraction of sp³-hybridized carbons (Fsp3) is 0.400. The molecule has 4 nitrogen and oxygen atoms in total. The zero-order chi connectivity index (χ0) is 14.8. The van der Waals surface area contributed by atoms with Crippen molar-refractivity contribution < 1.29 is 4.39 Å². The van der Waals surface area contributed by atoms with E-state index in [4.69, 9.17) is 5.73 Å². The van der Waals surface area contributed by atoms with Crippen molar-refractivity contribution in [3.63, 3.8) is 0 Å². The van der Waals surface area contributed by atoms with Gasteiger partial charge >= 0.3 is 0 Å². The first kappa shape index (κ1) is 14.3. The molecule has 1 fully saturated rings. The Hall–Kier alpha value is -1.66. The number of hydrogen-bond acceptors (Lipinski definition) is 5. The summed E-state index contributed by atoms with van der Waals surface area (Å²) in [5, 5.41) is 3.07. The highest BCUT2D eigenvalue weighted by atomic mass is 32.1. The van der Waals surface area contributed by atoms with Crippen LogP contribution in [0.1, 0.15) is 18.5 Å². The molecule has 1 aromatic carbocycles. The Morgan fingerprint density at radius 1 is 1.24 bits per heavy atom. The summed E-state index contributed by atoms with van der Waals surface area (Å²) in [4.78, 5) is 8.92. The predicted molar refractivity (Wildman–Crippen MR) is 85.5 cm³/mol. The van der Waals surface area contributed by atoms with Gasteiger partial charge in [0.1, 0.15) is 5.82 Å². The van der Waals surface area contributed by atoms with Crippen LogP contribution in [0.25, 0.3) is 0 Å². The van der Waals surface area contributed by atoms with Crippen LogP contribution in [0, 0.1) is 5.82 Å². The third-order valence-corrected chi connectivity index (χ3v) is 4.62. The minimum Gasteiger partial charge on any atom is -0.368 e. The zero-order valence-corrected chi connectivity index (χ0v) is 12.8. The van der Waals surface area contributed by atoms with E-state index >= 15 is 0 Å². The second-order valence-corrected chi connectivity index (χ2v) is 6.15. The molecule has 112 valence electrons. The SMILES string of the molecule is C[C@H](N)c1cc(F)ccc1N1CCN(c2nccs2)CC1. The van der Waals surface area contributed by atoms with Gasteiger partial charge in [-0.1, -0.05) is 0 Å². The van der Waals surface area contributed by atoms with Gasteiger partial charge < -0.3 is 15.5 Å². The van der Waals surface area contributed by atoms with Crippen LogP contribution in [0.15, 0.2) is 29.8 Å². The van der Waals surface area contributed by atoms with Crippen molar-refractivity contribution in [1.29, 1.82) is 0 Å². The Labute approximate surface area is 128 Å². The Balaban J connectivity index is 1.75. The first-order valence-corrected chi connectivity index (χ1v) is 7.97. The number of benzene rings is 1. The number of anilines is 2. The fourth-order valence-corrected chi connectivity index (χ4v) is 3.39. The van der Waals surface area contributed by atoms with Gasteiger partial charge in [0.25, 0.3) is 0 Å². The molecule has 2 heterocycles. The molecular formula is C15H19FN4S. The van der Waals surface area contributed by atoms with Gasteiger partial charge in [-0.2, -0.15) is 0 Å². The number of nitrogens with zero attached hydrogens (tertiary/aromatic N) is 3. The summed E-state index contributed by atoms with van der Waals surface area (Å²) in [5.74, 6) is -0.229. The van der Waals surface area contributed by atoms with Gasteiger partial charge in [0.05, 0.1) is 0 Å². The molecule has 1 aromatic heterocycles. The lowest BCUT2D eigenvalue weighted by molar-refractivity contribution is 0.616. The smallest absolute Gasteiger partial charge is 0.185 e. The van der Waals surface area contributed by atoms with E-state index in [9.17, 15) is 4.39 Å². The van der Waals surface area contributed by atoms with E-state index in [-0.39, 0.29) is 11.9 Å². The predicted octanol–water partition coefficient (Wildman–Crippen LogP) is 2.63. The van der Waals surface area contributed by atoms with E-state index in [0.29, 0.717) is 0 Å². The maximum absolute atomic E-state index is 13.4. The maximum atomic E-state index is 13.4. The standard InChI is InChI=1S/C15H19FN4S/c1-11(17)13-10-12(16)2-3-14(13)19-5-7-20(8-6-19)15-18-4-9-21-15/h2-4,9-11H,5-8,17H2,1H3/t11-/m0/s1. The molecule has 0 radical (unpaired) electrons. The number of hydrogen-bond donors (Lipinski definition) is 1. The Morgan fingerprint density at radius 3 is 2.57 bits per heavy atom. The molecule has 0 bridgehead atoms. The van der Waals surface area contributed by atoms with Gasteiger partial charge in [-0.25, -0.2) is 9.37 Å². The minimum absolute atomic E-state index is 0.173. The molecule has 21 heavy (non-hydrogen) atoms. The molecular weight excluding hydrogens is 287 g/mol. The molecule has 2 aromatic rings. The zero-order valence-electron chi connectivity index (χ0n) is 12.0. The van der Waals surface area contributed by atoms with Crippen LogP contribution >= 0.6 is 11.3 Å². The number of piperazine rings is 1. The molecule has 0 aliphatic carbocycles. The molecule has 0 unspecified atom stereocenters. The quantitative estimate of drug-likeness (QED) is 0.947. The van der Waals surface area contributed by atoms with Crippen LogP contribution in [0.3, 0.4) is 0 Å². The van der Waals surface area contributed by atoms with Gasteiger partial charge in [-0.15, -0.1) is 11.3 Å². The molecule has 0 saturated carbocycles. The fourth-order valence-electron chi connectivity index (χ4n) is 2.69. The number of aromatic nitrogens is 1. The van der Waals surface area contributed by atoms with Gasteiger partial charge in [0.2, 0.25) is 0 Å². The van der Waals surface area contributed by atoms with Crippen LogP contribution in [0.2, 0.25) is 0 Å². The molecule has 0 amide bonds. The maximum Gasteiger partial charge on any atom is 0.185 e. The van der Waals surface area contributed by atoms with E-state index in [2.05, 4.69) is 14.8 Å². The third-order valence-electron chi connectivity index (χ3n) is 3.79. The highest BCUT2D eigenvalue weighted by Gasteiger charge is 2.21. The molecule has 1 atom stereocenters. The van der Waals surface area contributed by atoms with Crippen LogP contribution in [-0.2, 0) is 0 Å². The normalized spacial score (nSPS) is 17.1. The Bertz CT molecular complexity index is 592. The van der Waals surface area contributed by atoms with Gasteiger partial charge in [0.15, 0.2) is 5.13 Å².